The van der Waals surface area contributed by atoms with Gasteiger partial charge < -0.3 is 42.1 Å². The van der Waals surface area contributed by atoms with Crippen molar-refractivity contribution in [1.82, 2.24) is 40.0 Å². The van der Waals surface area contributed by atoms with Crippen LogP contribution in [0.25, 0.3) is 32.9 Å². The van der Waals surface area contributed by atoms with Gasteiger partial charge in [0.25, 0.3) is 11.8 Å². The van der Waals surface area contributed by atoms with Gasteiger partial charge in [-0.25, -0.2) is 17.6 Å². The number of benzene rings is 4. The summed E-state index contributed by atoms with van der Waals surface area (Å²) in [6.07, 6.45) is -2.83. The van der Waals surface area contributed by atoms with Crippen molar-refractivity contribution in [3.8, 4) is 11.1 Å². The number of halogens is 6. The van der Waals surface area contributed by atoms with Crippen LogP contribution in [0.1, 0.15) is 60.2 Å². The van der Waals surface area contributed by atoms with E-state index >= 15 is 4.39 Å². The van der Waals surface area contributed by atoms with Crippen molar-refractivity contribution in [3.05, 3.63) is 117 Å². The molecule has 1 aliphatic rings. The number of primary amides is 1. The fourth-order valence-corrected chi connectivity index (χ4v) is 8.46. The number of aromatic nitrogens is 4. The lowest BCUT2D eigenvalue weighted by molar-refractivity contribution is -0.157. The van der Waals surface area contributed by atoms with Crippen LogP contribution in [-0.2, 0) is 45.4 Å². The van der Waals surface area contributed by atoms with E-state index in [9.17, 15) is 47.4 Å². The smallest absolute Gasteiger partial charge is 0.269 e. The molecule has 1 unspecified atom stereocenters. The molecule has 5 amide bonds. The SMILES string of the molecule is CC(C)(O)CN(CC(=O)NCc1cccc(Cl)c1F)C(=O)Cn1nc(C(N)=O)c2cc(-c3cc(Cl)c(F)c(CNC(=O)CN(C(=O)Cn4nc(C(N)O)c5ccccc54)C4CC(F)(F)C4)c3)ccc21. The van der Waals surface area contributed by atoms with Crippen LogP contribution in [0.5, 0.6) is 0 Å². The van der Waals surface area contributed by atoms with Crippen LogP contribution in [-0.4, -0.2) is 106 Å². The maximum atomic E-state index is 15.6. The third-order valence-electron chi connectivity index (χ3n) is 11.3. The highest BCUT2D eigenvalue weighted by Crippen LogP contribution is 2.41. The van der Waals surface area contributed by atoms with Gasteiger partial charge in [-0.1, -0.05) is 59.6 Å². The van der Waals surface area contributed by atoms with Crippen molar-refractivity contribution in [2.45, 2.75) is 76.7 Å². The molecule has 69 heavy (non-hydrogen) atoms. The molecular weight excluding hydrogens is 951 g/mol. The third kappa shape index (κ3) is 11.6. The molecule has 17 nitrogen and oxygen atoms in total. The molecule has 6 aromatic rings. The Balaban J connectivity index is 1.07. The van der Waals surface area contributed by atoms with E-state index in [0.717, 1.165) is 9.80 Å². The van der Waals surface area contributed by atoms with E-state index in [1.807, 2.05) is 0 Å². The third-order valence-corrected chi connectivity index (χ3v) is 11.9. The lowest BCUT2D eigenvalue weighted by Crippen LogP contribution is -2.56. The number of para-hydroxylation sites is 1. The van der Waals surface area contributed by atoms with Crippen molar-refractivity contribution in [2.24, 2.45) is 11.5 Å². The first-order valence-corrected chi connectivity index (χ1v) is 22.1. The normalized spacial score (nSPS) is 14.1. The minimum Gasteiger partial charge on any atom is -0.389 e. The first-order chi connectivity index (χ1) is 32.5. The lowest BCUT2D eigenvalue weighted by atomic mass is 9.86. The fraction of sp³-hybridized carbons (Fsp3) is 0.326. The summed E-state index contributed by atoms with van der Waals surface area (Å²) in [7, 11) is 0. The van der Waals surface area contributed by atoms with Crippen LogP contribution in [0.4, 0.5) is 17.6 Å². The summed E-state index contributed by atoms with van der Waals surface area (Å²) in [5, 5.41) is 34.4. The second-order valence-electron chi connectivity index (χ2n) is 17.3. The van der Waals surface area contributed by atoms with E-state index in [-0.39, 0.29) is 56.6 Å². The summed E-state index contributed by atoms with van der Waals surface area (Å²) in [5.41, 5.74) is 11.2. The fourth-order valence-electron chi connectivity index (χ4n) is 8.02. The average molecular weight is 998 g/mol. The Morgan fingerprint density at radius 3 is 2.10 bits per heavy atom. The summed E-state index contributed by atoms with van der Waals surface area (Å²) >= 11 is 12.2. The zero-order valence-corrected chi connectivity index (χ0v) is 38.5. The number of carbonyl (C=O) groups is 5. The lowest BCUT2D eigenvalue weighted by Gasteiger charge is -2.42. The summed E-state index contributed by atoms with van der Waals surface area (Å²) in [6, 6.07) is 17.2. The highest BCUT2D eigenvalue weighted by molar-refractivity contribution is 6.31. The van der Waals surface area contributed by atoms with Gasteiger partial charge >= 0.3 is 0 Å². The Morgan fingerprint density at radius 2 is 1.43 bits per heavy atom. The number of nitrogens with zero attached hydrogens (tertiary/aromatic N) is 6. The van der Waals surface area contributed by atoms with Crippen molar-refractivity contribution >= 4 is 74.5 Å². The molecule has 8 N–H and O–H groups in total. The molecule has 0 saturated heterocycles. The first-order valence-electron chi connectivity index (χ1n) is 21.3. The standard InChI is InChI=1S/C46H46Cl2F4N10O7/c1-45(2,69)23-59(19-35(63)55-17-25-6-5-8-31(47)39(25)49)37(65)21-61-34-11-10-24(13-30(34)42(58-61)44(54)68)26-12-27(40(50)32(48)14-26)18-56-36(64)20-60(28-15-46(51,52)16-28)38(66)22-62-33-9-4-3-7-29(33)41(57-62)43(53)67/h3-14,28,43,67,69H,15-23,53H2,1-2H3,(H2,54,68)(H,55,63)(H,56,64). The van der Waals surface area contributed by atoms with E-state index in [1.165, 1.54) is 65.7 Å². The molecule has 0 aliphatic heterocycles. The van der Waals surface area contributed by atoms with Crippen LogP contribution in [0.15, 0.2) is 72.8 Å². The molecule has 1 atom stereocenters. The number of alkyl halides is 2. The van der Waals surface area contributed by atoms with Gasteiger partial charge in [0.2, 0.25) is 23.6 Å². The summed E-state index contributed by atoms with van der Waals surface area (Å²) in [5.74, 6) is -8.48. The predicted molar refractivity (Wildman–Crippen MR) is 245 cm³/mol. The number of nitrogens with two attached hydrogens (primary N) is 2. The Bertz CT molecular complexity index is 2990. The largest absolute Gasteiger partial charge is 0.389 e. The van der Waals surface area contributed by atoms with Crippen molar-refractivity contribution in [2.75, 3.05) is 19.6 Å². The number of fused-ring (bicyclic) bond motifs is 2. The number of nitrogens with one attached hydrogen (secondary N) is 2. The predicted octanol–water partition coefficient (Wildman–Crippen LogP) is 4.55. The van der Waals surface area contributed by atoms with Gasteiger partial charge in [0.1, 0.15) is 36.6 Å². The number of rotatable bonds is 18. The molecule has 7 rings (SSSR count). The molecule has 2 aromatic heterocycles. The second-order valence-corrected chi connectivity index (χ2v) is 18.1. The first kappa shape index (κ1) is 50.2. The molecule has 4 aromatic carbocycles. The Morgan fingerprint density at radius 1 is 0.812 bits per heavy atom. The average Bonchev–Trinajstić information content (AvgIpc) is 3.83. The number of amides is 5. The Hall–Kier alpha value is -6.65. The van der Waals surface area contributed by atoms with Crippen LogP contribution >= 0.6 is 23.2 Å². The number of aliphatic hydroxyl groups is 2. The number of hydrogen-bond donors (Lipinski definition) is 6. The maximum Gasteiger partial charge on any atom is 0.269 e. The number of hydrogen-bond acceptors (Lipinski definition) is 10. The van der Waals surface area contributed by atoms with Crippen LogP contribution in [0.2, 0.25) is 10.0 Å². The summed E-state index contributed by atoms with van der Waals surface area (Å²) in [6.45, 7) is -0.304. The molecule has 0 bridgehead atoms. The van der Waals surface area contributed by atoms with E-state index in [1.54, 1.807) is 30.3 Å². The quantitative estimate of drug-likeness (QED) is 0.0519. The van der Waals surface area contributed by atoms with E-state index in [4.69, 9.17) is 34.7 Å². The molecule has 364 valence electrons. The van der Waals surface area contributed by atoms with Crippen LogP contribution < -0.4 is 22.1 Å². The minimum atomic E-state index is -3.05. The molecule has 1 saturated carbocycles. The zero-order valence-electron chi connectivity index (χ0n) is 37.0. The van der Waals surface area contributed by atoms with E-state index in [2.05, 4.69) is 20.8 Å². The molecule has 23 heteroatoms. The van der Waals surface area contributed by atoms with Crippen molar-refractivity contribution < 1.29 is 51.7 Å². The zero-order chi connectivity index (χ0) is 50.1. The highest BCUT2D eigenvalue weighted by atomic mass is 35.5. The Kier molecular flexibility index (Phi) is 14.7. The highest BCUT2D eigenvalue weighted by Gasteiger charge is 2.49. The molecule has 2 heterocycles. The van der Waals surface area contributed by atoms with E-state index in [0.29, 0.717) is 22.0 Å². The van der Waals surface area contributed by atoms with Gasteiger partial charge in [0.05, 0.1) is 39.8 Å². The topological polar surface area (TPSA) is 244 Å². The summed E-state index contributed by atoms with van der Waals surface area (Å²) in [4.78, 5) is 68.6. The van der Waals surface area contributed by atoms with Gasteiger partial charge in [0, 0.05) is 60.4 Å². The minimum absolute atomic E-state index is 0.0924. The van der Waals surface area contributed by atoms with E-state index < -0.39 is 111 Å². The van der Waals surface area contributed by atoms with Gasteiger partial charge in [-0.15, -0.1) is 0 Å². The molecule has 1 aliphatic carbocycles. The number of aliphatic hydroxyl groups excluding tert-OH is 1. The van der Waals surface area contributed by atoms with Gasteiger partial charge in [0.15, 0.2) is 5.69 Å². The van der Waals surface area contributed by atoms with Gasteiger partial charge in [-0.3, -0.25) is 33.3 Å². The van der Waals surface area contributed by atoms with Crippen molar-refractivity contribution in [1.29, 1.82) is 0 Å². The van der Waals surface area contributed by atoms with Crippen LogP contribution in [0, 0.1) is 11.6 Å². The molecule has 1 fully saturated rings. The molecule has 0 spiro atoms. The monoisotopic (exact) mass is 996 g/mol. The van der Waals surface area contributed by atoms with Crippen LogP contribution in [0.3, 0.4) is 0 Å². The van der Waals surface area contributed by atoms with Gasteiger partial charge in [-0.05, 0) is 61.4 Å². The van der Waals surface area contributed by atoms with Gasteiger partial charge in [-0.2, -0.15) is 10.2 Å². The maximum absolute atomic E-state index is 15.6. The second kappa shape index (κ2) is 20.1. The molecule has 0 radical (unpaired) electrons. The Labute approximate surface area is 400 Å². The molecular formula is C46H46Cl2F4N10O7. The number of carbonyl (C=O) groups excluding carboxylic acids is 5. The summed E-state index contributed by atoms with van der Waals surface area (Å²) < 4.78 is 60.6. The van der Waals surface area contributed by atoms with Crippen molar-refractivity contribution in [3.63, 3.8) is 0 Å².